The van der Waals surface area contributed by atoms with E-state index in [1.54, 1.807) is 0 Å². The van der Waals surface area contributed by atoms with Crippen LogP contribution in [0.3, 0.4) is 0 Å². The Morgan fingerprint density at radius 2 is 2.04 bits per heavy atom. The number of ether oxygens (including phenoxy) is 1. The van der Waals surface area contributed by atoms with Gasteiger partial charge in [0.25, 0.3) is 5.91 Å². The van der Waals surface area contributed by atoms with Crippen LogP contribution in [-0.4, -0.2) is 18.5 Å². The van der Waals surface area contributed by atoms with Crippen LogP contribution in [0.2, 0.25) is 0 Å². The lowest BCUT2D eigenvalue weighted by molar-refractivity contribution is -0.146. The van der Waals surface area contributed by atoms with Gasteiger partial charge < -0.3 is 10.1 Å². The molecule has 1 aliphatic carbocycles. The third-order valence-corrected chi connectivity index (χ3v) is 5.70. The average Bonchev–Trinajstić information content (AvgIpc) is 2.99. The summed E-state index contributed by atoms with van der Waals surface area (Å²) in [6.45, 7) is 1.58. The highest BCUT2D eigenvalue weighted by Gasteiger charge is 2.22. The number of thiophene rings is 1. The summed E-state index contributed by atoms with van der Waals surface area (Å²) in [5.74, 6) is -0.862. The smallest absolute Gasteiger partial charge is 0.310 e. The summed E-state index contributed by atoms with van der Waals surface area (Å²) in [7, 11) is 0. The number of fused-ring (bicyclic) bond motifs is 1. The highest BCUT2D eigenvalue weighted by Crippen LogP contribution is 2.37. The molecule has 0 spiro atoms. The maximum atomic E-state index is 12.1. The van der Waals surface area contributed by atoms with Crippen LogP contribution in [0.4, 0.5) is 5.00 Å². The van der Waals surface area contributed by atoms with Crippen LogP contribution in [-0.2, 0) is 33.6 Å². The molecule has 1 aliphatic rings. The van der Waals surface area contributed by atoms with Gasteiger partial charge in [-0.05, 0) is 49.3 Å². The van der Waals surface area contributed by atoms with Gasteiger partial charge >= 0.3 is 5.97 Å². The predicted octanol–water partition coefficient (Wildman–Crippen LogP) is 3.53. The van der Waals surface area contributed by atoms with Gasteiger partial charge in [-0.2, -0.15) is 5.26 Å². The fourth-order valence-electron chi connectivity index (χ4n) is 3.10. The van der Waals surface area contributed by atoms with E-state index in [-0.39, 0.29) is 13.0 Å². The number of esters is 1. The zero-order chi connectivity index (χ0) is 18.5. The average molecular weight is 368 g/mol. The molecule has 1 aromatic carbocycles. The number of amides is 1. The van der Waals surface area contributed by atoms with Gasteiger partial charge in [0.15, 0.2) is 6.61 Å². The molecule has 1 N–H and O–H groups in total. The van der Waals surface area contributed by atoms with Crippen LogP contribution in [0.1, 0.15) is 40.0 Å². The number of aryl methyl sites for hydroxylation is 2. The van der Waals surface area contributed by atoms with Crippen molar-refractivity contribution in [1.82, 2.24) is 0 Å². The quantitative estimate of drug-likeness (QED) is 0.819. The number of nitrogens with zero attached hydrogens (tertiary/aromatic N) is 1. The van der Waals surface area contributed by atoms with Gasteiger partial charge in [-0.15, -0.1) is 11.3 Å². The van der Waals surface area contributed by atoms with E-state index in [9.17, 15) is 14.9 Å². The first-order valence-electron chi connectivity index (χ1n) is 8.63. The van der Waals surface area contributed by atoms with E-state index in [2.05, 4.69) is 11.4 Å². The van der Waals surface area contributed by atoms with Gasteiger partial charge in [0, 0.05) is 4.88 Å². The van der Waals surface area contributed by atoms with Gasteiger partial charge in [-0.25, -0.2) is 0 Å². The Kier molecular flexibility index (Phi) is 5.69. The molecule has 0 saturated heterocycles. The molecule has 1 heterocycles. The molecule has 1 aromatic heterocycles. The Hall–Kier alpha value is -2.65. The van der Waals surface area contributed by atoms with Gasteiger partial charge in [0.2, 0.25) is 0 Å². The Morgan fingerprint density at radius 3 is 2.81 bits per heavy atom. The molecule has 3 rings (SSSR count). The van der Waals surface area contributed by atoms with Crippen molar-refractivity contribution in [3.8, 4) is 6.07 Å². The zero-order valence-corrected chi connectivity index (χ0v) is 15.4. The molecule has 0 unspecified atom stereocenters. The number of nitrogens with one attached hydrogen (secondary N) is 1. The summed E-state index contributed by atoms with van der Waals surface area (Å²) in [4.78, 5) is 25.3. The van der Waals surface area contributed by atoms with Gasteiger partial charge in [0.05, 0.1) is 12.0 Å². The summed E-state index contributed by atoms with van der Waals surface area (Å²) in [5.41, 5.74) is 3.52. The minimum atomic E-state index is -0.444. The first kappa shape index (κ1) is 18.2. The highest BCUT2D eigenvalue weighted by molar-refractivity contribution is 7.16. The number of carbonyl (C=O) groups is 2. The van der Waals surface area contributed by atoms with Crippen LogP contribution >= 0.6 is 11.3 Å². The molecule has 1 amide bonds. The van der Waals surface area contributed by atoms with E-state index >= 15 is 0 Å². The van der Waals surface area contributed by atoms with E-state index in [1.165, 1.54) is 16.2 Å². The summed E-state index contributed by atoms with van der Waals surface area (Å²) in [6, 6.07) is 9.77. The third-order valence-electron chi connectivity index (χ3n) is 4.50. The zero-order valence-electron chi connectivity index (χ0n) is 14.6. The van der Waals surface area contributed by atoms with E-state index in [1.807, 2.05) is 31.2 Å². The molecule has 26 heavy (non-hydrogen) atoms. The van der Waals surface area contributed by atoms with Crippen LogP contribution in [0, 0.1) is 18.3 Å². The van der Waals surface area contributed by atoms with E-state index in [4.69, 9.17) is 4.74 Å². The summed E-state index contributed by atoms with van der Waals surface area (Å²) in [5, 5.41) is 12.7. The SMILES string of the molecule is Cc1ccccc1CC(=O)OCC(=O)Nc1sc2c(c1C#N)CCCC2. The second-order valence-corrected chi connectivity index (χ2v) is 7.44. The lowest BCUT2D eigenvalue weighted by Gasteiger charge is -2.09. The first-order chi connectivity index (χ1) is 12.6. The predicted molar refractivity (Wildman–Crippen MR) is 100 cm³/mol. The fourth-order valence-corrected chi connectivity index (χ4v) is 4.35. The second kappa shape index (κ2) is 8.15. The summed E-state index contributed by atoms with van der Waals surface area (Å²) >= 11 is 1.46. The molecule has 0 bridgehead atoms. The Morgan fingerprint density at radius 1 is 1.27 bits per heavy atom. The lowest BCUT2D eigenvalue weighted by atomic mass is 9.96. The molecule has 0 aliphatic heterocycles. The maximum absolute atomic E-state index is 12.1. The molecule has 0 saturated carbocycles. The molecule has 6 heteroatoms. The third kappa shape index (κ3) is 4.12. The molecule has 134 valence electrons. The normalized spacial score (nSPS) is 12.8. The van der Waals surface area contributed by atoms with Crippen LogP contribution in [0.15, 0.2) is 24.3 Å². The molecule has 0 radical (unpaired) electrons. The van der Waals surface area contributed by atoms with E-state index in [0.29, 0.717) is 10.6 Å². The van der Waals surface area contributed by atoms with E-state index < -0.39 is 11.9 Å². The molecule has 0 atom stereocenters. The number of rotatable bonds is 5. The Labute approximate surface area is 156 Å². The Balaban J connectivity index is 1.56. The van der Waals surface area contributed by atoms with Crippen LogP contribution < -0.4 is 5.32 Å². The number of anilines is 1. The van der Waals surface area contributed by atoms with Gasteiger partial charge in [-0.1, -0.05) is 24.3 Å². The lowest BCUT2D eigenvalue weighted by Crippen LogP contribution is -2.21. The number of benzene rings is 1. The van der Waals surface area contributed by atoms with Crippen molar-refractivity contribution in [2.24, 2.45) is 0 Å². The summed E-state index contributed by atoms with van der Waals surface area (Å²) < 4.78 is 5.08. The van der Waals surface area contributed by atoms with Crippen molar-refractivity contribution in [1.29, 1.82) is 5.26 Å². The van der Waals surface area contributed by atoms with Crippen LogP contribution in [0.5, 0.6) is 0 Å². The largest absolute Gasteiger partial charge is 0.455 e. The van der Waals surface area contributed by atoms with Crippen LogP contribution in [0.25, 0.3) is 0 Å². The topological polar surface area (TPSA) is 79.2 Å². The highest BCUT2D eigenvalue weighted by atomic mass is 32.1. The molecule has 2 aromatic rings. The van der Waals surface area contributed by atoms with E-state index in [0.717, 1.165) is 42.4 Å². The van der Waals surface area contributed by atoms with Crippen molar-refractivity contribution in [2.45, 2.75) is 39.0 Å². The standard InChI is InChI=1S/C20H20N2O3S/c1-13-6-2-3-7-14(13)10-19(24)25-12-18(23)22-20-16(11-21)15-8-4-5-9-17(15)26-20/h2-3,6-7H,4-5,8-10,12H2,1H3,(H,22,23). The minimum absolute atomic E-state index is 0.136. The first-order valence-corrected chi connectivity index (χ1v) is 9.44. The van der Waals surface area contributed by atoms with Crippen molar-refractivity contribution in [3.63, 3.8) is 0 Å². The maximum Gasteiger partial charge on any atom is 0.310 e. The second-order valence-electron chi connectivity index (χ2n) is 6.34. The monoisotopic (exact) mass is 368 g/mol. The fraction of sp³-hybridized carbons (Fsp3) is 0.350. The molecule has 5 nitrogen and oxygen atoms in total. The van der Waals surface area contributed by atoms with Crippen molar-refractivity contribution in [2.75, 3.05) is 11.9 Å². The number of nitriles is 1. The minimum Gasteiger partial charge on any atom is -0.455 e. The van der Waals surface area contributed by atoms with Gasteiger partial charge in [-0.3, -0.25) is 9.59 Å². The summed E-state index contributed by atoms with van der Waals surface area (Å²) in [6.07, 6.45) is 4.16. The number of hydrogen-bond acceptors (Lipinski definition) is 5. The molecule has 0 fully saturated rings. The van der Waals surface area contributed by atoms with Crippen molar-refractivity contribution in [3.05, 3.63) is 51.4 Å². The van der Waals surface area contributed by atoms with Crippen molar-refractivity contribution >= 4 is 28.2 Å². The number of hydrogen-bond donors (Lipinski definition) is 1. The molecular weight excluding hydrogens is 348 g/mol. The van der Waals surface area contributed by atoms with Gasteiger partial charge in [0.1, 0.15) is 11.1 Å². The molecular formula is C20H20N2O3S. The number of carbonyl (C=O) groups excluding carboxylic acids is 2. The Bertz CT molecular complexity index is 880. The van der Waals surface area contributed by atoms with Crippen molar-refractivity contribution < 1.29 is 14.3 Å².